The Balaban J connectivity index is 1.88. The summed E-state index contributed by atoms with van der Waals surface area (Å²) in [6.07, 6.45) is 1.92. The van der Waals surface area contributed by atoms with Crippen LogP contribution in [0.1, 0.15) is 35.8 Å². The minimum atomic E-state index is -1.06. The molecule has 3 rings (SSSR count). The Morgan fingerprint density at radius 1 is 1.35 bits per heavy atom. The van der Waals surface area contributed by atoms with Crippen molar-refractivity contribution in [3.8, 4) is 0 Å². The van der Waals surface area contributed by atoms with Crippen molar-refractivity contribution in [3.63, 3.8) is 0 Å². The molecule has 2 atom stereocenters. The van der Waals surface area contributed by atoms with E-state index < -0.39 is 35.9 Å². The maximum atomic E-state index is 14.8. The molecule has 0 saturated heterocycles. The van der Waals surface area contributed by atoms with Gasteiger partial charge in [0.1, 0.15) is 17.9 Å². The molecule has 1 aromatic heterocycles. The monoisotopic (exact) mass is 496 g/mol. The van der Waals surface area contributed by atoms with Crippen LogP contribution in [-0.4, -0.2) is 59.6 Å². The highest BCUT2D eigenvalue weighted by Gasteiger charge is 2.37. The minimum Gasteiger partial charge on any atom is -0.469 e. The van der Waals surface area contributed by atoms with E-state index in [0.29, 0.717) is 16.6 Å². The Bertz CT molecular complexity index is 982. The van der Waals surface area contributed by atoms with Gasteiger partial charge in [0.2, 0.25) is 0 Å². The van der Waals surface area contributed by atoms with Crippen LogP contribution in [0.4, 0.5) is 9.18 Å². The molecule has 2 heterocycles. The molecule has 11 heteroatoms. The molecular formula is C20H22BrFN4O5. The van der Waals surface area contributed by atoms with E-state index in [2.05, 4.69) is 36.0 Å². The summed E-state index contributed by atoms with van der Waals surface area (Å²) in [6, 6.07) is 2.14. The molecule has 1 aliphatic heterocycles. The van der Waals surface area contributed by atoms with E-state index in [1.165, 1.54) is 31.5 Å². The van der Waals surface area contributed by atoms with Gasteiger partial charge >= 0.3 is 18.0 Å². The van der Waals surface area contributed by atoms with Crippen molar-refractivity contribution in [1.82, 2.24) is 20.2 Å². The van der Waals surface area contributed by atoms with Gasteiger partial charge in [0.15, 0.2) is 0 Å². The Morgan fingerprint density at radius 3 is 2.81 bits per heavy atom. The number of aromatic nitrogens is 2. The first-order chi connectivity index (χ1) is 14.8. The third-order valence-electron chi connectivity index (χ3n) is 5.09. The van der Waals surface area contributed by atoms with Crippen molar-refractivity contribution in [1.29, 1.82) is 0 Å². The molecule has 9 nitrogen and oxygen atoms in total. The van der Waals surface area contributed by atoms with Crippen LogP contribution in [0.5, 0.6) is 0 Å². The molecule has 1 aromatic carbocycles. The first-order valence-corrected chi connectivity index (χ1v) is 10.3. The number of hydrogen-bond acceptors (Lipinski definition) is 6. The van der Waals surface area contributed by atoms with Gasteiger partial charge in [0, 0.05) is 35.1 Å². The Labute approximate surface area is 186 Å². The van der Waals surface area contributed by atoms with E-state index in [-0.39, 0.29) is 24.9 Å². The molecule has 2 amide bonds. The lowest BCUT2D eigenvalue weighted by Gasteiger charge is -2.36. The highest BCUT2D eigenvalue weighted by atomic mass is 79.9. The number of esters is 2. The first kappa shape index (κ1) is 22.7. The van der Waals surface area contributed by atoms with Crippen molar-refractivity contribution in [3.05, 3.63) is 51.8 Å². The molecule has 166 valence electrons. The van der Waals surface area contributed by atoms with Gasteiger partial charge in [-0.1, -0.05) is 22.0 Å². The second-order valence-corrected chi connectivity index (χ2v) is 7.83. The largest absolute Gasteiger partial charge is 0.469 e. The molecule has 31 heavy (non-hydrogen) atoms. The number of rotatable bonds is 6. The molecule has 0 spiro atoms. The quantitative estimate of drug-likeness (QED) is 0.593. The molecule has 1 aliphatic rings. The van der Waals surface area contributed by atoms with Gasteiger partial charge in [-0.3, -0.25) is 4.79 Å². The second kappa shape index (κ2) is 9.90. The zero-order valence-electron chi connectivity index (χ0n) is 17.0. The van der Waals surface area contributed by atoms with Crippen LogP contribution in [0, 0.1) is 5.82 Å². The first-order valence-electron chi connectivity index (χ1n) is 9.54. The van der Waals surface area contributed by atoms with Crippen LogP contribution in [0.2, 0.25) is 0 Å². The molecule has 0 bridgehead atoms. The van der Waals surface area contributed by atoms with Gasteiger partial charge in [-0.05, 0) is 18.6 Å². The molecule has 0 unspecified atom stereocenters. The number of methoxy groups -OCH3 is 2. The molecule has 0 radical (unpaired) electrons. The molecule has 0 fully saturated rings. The number of carbonyl (C=O) groups excluding carboxylic acids is 3. The number of ether oxygens (including phenoxy) is 2. The number of nitrogens with zero attached hydrogens (tertiary/aromatic N) is 2. The summed E-state index contributed by atoms with van der Waals surface area (Å²) in [7, 11) is 2.43. The van der Waals surface area contributed by atoms with Gasteiger partial charge in [-0.15, -0.1) is 0 Å². The summed E-state index contributed by atoms with van der Waals surface area (Å²) in [5.41, 5.74) is 1.62. The predicted octanol–water partition coefficient (Wildman–Crippen LogP) is 2.46. The normalized spacial score (nSPS) is 16.3. The van der Waals surface area contributed by atoms with Gasteiger partial charge in [-0.2, -0.15) is 0 Å². The summed E-state index contributed by atoms with van der Waals surface area (Å²) in [5.74, 6) is -1.71. The van der Waals surface area contributed by atoms with Crippen molar-refractivity contribution in [2.24, 2.45) is 0 Å². The van der Waals surface area contributed by atoms with Gasteiger partial charge in [0.25, 0.3) is 0 Å². The number of urea groups is 1. The molecule has 2 N–H and O–H groups in total. The van der Waals surface area contributed by atoms with E-state index in [1.807, 2.05) is 0 Å². The summed E-state index contributed by atoms with van der Waals surface area (Å²) >= 11 is 3.24. The summed E-state index contributed by atoms with van der Waals surface area (Å²) < 4.78 is 24.7. The molecular weight excluding hydrogens is 475 g/mol. The van der Waals surface area contributed by atoms with Crippen LogP contribution >= 0.6 is 15.9 Å². The van der Waals surface area contributed by atoms with E-state index >= 15 is 0 Å². The van der Waals surface area contributed by atoms with Crippen LogP contribution in [-0.2, 0) is 25.5 Å². The fourth-order valence-electron chi connectivity index (χ4n) is 3.52. The van der Waals surface area contributed by atoms with Crippen molar-refractivity contribution in [2.75, 3.05) is 20.8 Å². The lowest BCUT2D eigenvalue weighted by Crippen LogP contribution is -2.51. The maximum Gasteiger partial charge on any atom is 0.328 e. The van der Waals surface area contributed by atoms with Crippen molar-refractivity contribution >= 4 is 33.9 Å². The zero-order valence-corrected chi connectivity index (χ0v) is 18.6. The number of fused-ring (bicyclic) bond motifs is 1. The van der Waals surface area contributed by atoms with Crippen LogP contribution in [0.15, 0.2) is 29.0 Å². The Kier molecular flexibility index (Phi) is 7.26. The van der Waals surface area contributed by atoms with E-state index in [9.17, 15) is 18.8 Å². The van der Waals surface area contributed by atoms with Crippen molar-refractivity contribution < 1.29 is 28.2 Å². The fraction of sp³-hybridized carbons (Fsp3) is 0.400. The lowest BCUT2D eigenvalue weighted by atomic mass is 9.95. The summed E-state index contributed by atoms with van der Waals surface area (Å²) in [6.45, 7) is 0.270. The van der Waals surface area contributed by atoms with E-state index in [4.69, 9.17) is 4.74 Å². The number of amides is 2. The third-order valence-corrected chi connectivity index (χ3v) is 5.58. The number of carbonyl (C=O) groups is 3. The minimum absolute atomic E-state index is 0.00386. The number of imidazole rings is 1. The highest BCUT2D eigenvalue weighted by Crippen LogP contribution is 2.35. The van der Waals surface area contributed by atoms with Gasteiger partial charge in [0.05, 0.1) is 26.2 Å². The number of benzene rings is 1. The number of halogens is 2. The standard InChI is InChI=1S/C20H22BrFN4O5/c1-30-16(27)6-5-15(19(28)31-2)25-20(29)26-8-7-14-17(24-10-23-14)18(26)12-4-3-11(21)9-13(12)22/h3-4,9-10,15,18H,5-8H2,1-2H3,(H,23,24)(H,25,29)/t15-,18+/m0/s1. The number of aromatic amines is 1. The molecule has 0 saturated carbocycles. The summed E-state index contributed by atoms with van der Waals surface area (Å²) in [4.78, 5) is 45.5. The number of hydrogen-bond donors (Lipinski definition) is 2. The summed E-state index contributed by atoms with van der Waals surface area (Å²) in [5, 5.41) is 2.61. The molecule has 2 aromatic rings. The second-order valence-electron chi connectivity index (χ2n) is 6.92. The van der Waals surface area contributed by atoms with E-state index in [1.54, 1.807) is 12.1 Å². The van der Waals surface area contributed by atoms with E-state index in [0.717, 1.165) is 5.69 Å². The maximum absolute atomic E-state index is 14.8. The van der Waals surface area contributed by atoms with Crippen LogP contribution in [0.25, 0.3) is 0 Å². The van der Waals surface area contributed by atoms with Crippen LogP contribution < -0.4 is 5.32 Å². The third kappa shape index (κ3) is 5.04. The van der Waals surface area contributed by atoms with Crippen molar-refractivity contribution in [2.45, 2.75) is 31.3 Å². The fourth-order valence-corrected chi connectivity index (χ4v) is 3.85. The average Bonchev–Trinajstić information content (AvgIpc) is 3.24. The average molecular weight is 497 g/mol. The van der Waals surface area contributed by atoms with Crippen LogP contribution in [0.3, 0.4) is 0 Å². The Morgan fingerprint density at radius 2 is 2.13 bits per heavy atom. The molecule has 0 aliphatic carbocycles. The zero-order chi connectivity index (χ0) is 22.5. The Hall–Kier alpha value is -2.95. The van der Waals surface area contributed by atoms with Gasteiger partial charge < -0.3 is 24.7 Å². The number of H-pyrrole nitrogens is 1. The lowest BCUT2D eigenvalue weighted by molar-refractivity contribution is -0.144. The number of nitrogens with one attached hydrogen (secondary N) is 2. The predicted molar refractivity (Wildman–Crippen MR) is 111 cm³/mol. The highest BCUT2D eigenvalue weighted by molar-refractivity contribution is 9.10. The topological polar surface area (TPSA) is 114 Å². The van der Waals surface area contributed by atoms with Gasteiger partial charge in [-0.25, -0.2) is 19.0 Å². The SMILES string of the molecule is COC(=O)CC[C@H](NC(=O)N1CCc2[nH]cnc2[C@H]1c1ccc(Br)cc1F)C(=O)OC. The smallest absolute Gasteiger partial charge is 0.328 e.